The van der Waals surface area contributed by atoms with Gasteiger partial charge in [0.1, 0.15) is 5.82 Å². The van der Waals surface area contributed by atoms with Gasteiger partial charge in [0.05, 0.1) is 24.3 Å². The van der Waals surface area contributed by atoms with Crippen LogP contribution in [0.5, 0.6) is 0 Å². The average molecular weight is 353 g/mol. The lowest BCUT2D eigenvalue weighted by Crippen LogP contribution is -2.31. The van der Waals surface area contributed by atoms with Crippen LogP contribution >= 0.6 is 0 Å². The van der Waals surface area contributed by atoms with Gasteiger partial charge in [-0.15, -0.1) is 0 Å². The van der Waals surface area contributed by atoms with E-state index < -0.39 is 0 Å². The molecule has 1 amide bonds. The van der Waals surface area contributed by atoms with Gasteiger partial charge in [0.2, 0.25) is 11.3 Å². The van der Waals surface area contributed by atoms with E-state index in [9.17, 15) is 14.0 Å². The van der Waals surface area contributed by atoms with Crippen molar-refractivity contribution in [2.24, 2.45) is 0 Å². The molecule has 0 aliphatic rings. The summed E-state index contributed by atoms with van der Waals surface area (Å²) in [4.78, 5) is 25.9. The maximum atomic E-state index is 13.9. The number of hydrogen-bond donors (Lipinski definition) is 0. The van der Waals surface area contributed by atoms with Crippen molar-refractivity contribution >= 4 is 16.8 Å². The van der Waals surface area contributed by atoms with E-state index >= 15 is 0 Å². The van der Waals surface area contributed by atoms with Crippen LogP contribution in [0.2, 0.25) is 0 Å². The van der Waals surface area contributed by atoms with E-state index in [4.69, 9.17) is 0 Å². The highest BCUT2D eigenvalue weighted by Crippen LogP contribution is 2.22. The van der Waals surface area contributed by atoms with Crippen molar-refractivity contribution in [2.45, 2.75) is 25.9 Å². The molecule has 3 rings (SSSR count). The highest BCUT2D eigenvalue weighted by molar-refractivity contribution is 5.79. The van der Waals surface area contributed by atoms with Crippen LogP contribution < -0.4 is 5.43 Å². The second kappa shape index (κ2) is 7.47. The van der Waals surface area contributed by atoms with Crippen molar-refractivity contribution in [1.82, 2.24) is 14.7 Å². The Bertz CT molecular complexity index is 1000. The number of carbonyl (C=O) groups is 1. The Kier molecular flexibility index (Phi) is 5.11. The number of aromatic nitrogens is 2. The van der Waals surface area contributed by atoms with Crippen molar-refractivity contribution in [3.8, 4) is 0 Å². The van der Waals surface area contributed by atoms with Gasteiger partial charge in [0, 0.05) is 24.4 Å². The van der Waals surface area contributed by atoms with Gasteiger partial charge in [0.15, 0.2) is 0 Å². The molecule has 3 aromatic rings. The Morgan fingerprint density at radius 3 is 2.65 bits per heavy atom. The number of fused-ring (bicyclic) bond motifs is 1. The predicted octanol–water partition coefficient (Wildman–Crippen LogP) is 3.15. The number of nitrogens with zero attached hydrogens (tertiary/aromatic N) is 3. The molecule has 0 radical (unpaired) electrons. The van der Waals surface area contributed by atoms with Crippen LogP contribution in [-0.4, -0.2) is 27.6 Å². The minimum atomic E-state index is -0.373. The van der Waals surface area contributed by atoms with Crippen molar-refractivity contribution in [2.75, 3.05) is 7.05 Å². The standard InChI is InChI=1S/C20H20FN3O2/c1-14(15-7-3-5-9-17(15)21)23(2)20(26)11-12-24-18-10-6-4-8-16(18)19(25)13-22-24/h3-10,13-14H,11-12H2,1-2H3. The van der Waals surface area contributed by atoms with Gasteiger partial charge in [-0.3, -0.25) is 14.3 Å². The maximum absolute atomic E-state index is 13.9. The van der Waals surface area contributed by atoms with E-state index in [0.717, 1.165) is 0 Å². The number of hydrogen-bond acceptors (Lipinski definition) is 3. The molecule has 1 unspecified atom stereocenters. The summed E-state index contributed by atoms with van der Waals surface area (Å²) in [7, 11) is 1.66. The normalized spacial score (nSPS) is 12.1. The van der Waals surface area contributed by atoms with E-state index in [1.807, 2.05) is 6.07 Å². The predicted molar refractivity (Wildman–Crippen MR) is 98.2 cm³/mol. The molecule has 0 saturated carbocycles. The number of amides is 1. The minimum Gasteiger partial charge on any atom is -0.339 e. The molecule has 0 spiro atoms. The summed E-state index contributed by atoms with van der Waals surface area (Å²) in [6, 6.07) is 13.2. The van der Waals surface area contributed by atoms with Gasteiger partial charge in [-0.25, -0.2) is 4.39 Å². The number of rotatable bonds is 5. The highest BCUT2D eigenvalue weighted by atomic mass is 19.1. The Morgan fingerprint density at radius 1 is 1.19 bits per heavy atom. The summed E-state index contributed by atoms with van der Waals surface area (Å²) in [5.74, 6) is -0.446. The zero-order chi connectivity index (χ0) is 18.7. The van der Waals surface area contributed by atoms with Crippen LogP contribution in [-0.2, 0) is 11.3 Å². The third-order valence-corrected chi connectivity index (χ3v) is 4.63. The molecule has 0 fully saturated rings. The summed E-state index contributed by atoms with van der Waals surface area (Å²) in [6.45, 7) is 2.14. The first kappa shape index (κ1) is 17.8. The summed E-state index contributed by atoms with van der Waals surface area (Å²) in [6.07, 6.45) is 1.47. The molecule has 2 aromatic carbocycles. The molecule has 0 aliphatic heterocycles. The average Bonchev–Trinajstić information content (AvgIpc) is 2.66. The number of carbonyl (C=O) groups excluding carboxylic acids is 1. The molecular formula is C20H20FN3O2. The van der Waals surface area contributed by atoms with Crippen molar-refractivity contribution in [3.63, 3.8) is 0 Å². The third-order valence-electron chi connectivity index (χ3n) is 4.63. The monoisotopic (exact) mass is 353 g/mol. The van der Waals surface area contributed by atoms with E-state index in [1.54, 1.807) is 55.1 Å². The van der Waals surface area contributed by atoms with Crippen LogP contribution in [0.3, 0.4) is 0 Å². The smallest absolute Gasteiger partial charge is 0.224 e. The maximum Gasteiger partial charge on any atom is 0.224 e. The topological polar surface area (TPSA) is 55.2 Å². The van der Waals surface area contributed by atoms with E-state index in [1.165, 1.54) is 17.2 Å². The summed E-state index contributed by atoms with van der Waals surface area (Å²) < 4.78 is 15.6. The number of halogens is 1. The Labute approximate surface area is 150 Å². The van der Waals surface area contributed by atoms with Crippen LogP contribution in [0.1, 0.15) is 24.9 Å². The molecule has 1 aromatic heterocycles. The first-order chi connectivity index (χ1) is 12.5. The molecule has 26 heavy (non-hydrogen) atoms. The molecule has 1 heterocycles. The quantitative estimate of drug-likeness (QED) is 0.708. The summed E-state index contributed by atoms with van der Waals surface area (Å²) >= 11 is 0. The molecule has 0 aliphatic carbocycles. The largest absolute Gasteiger partial charge is 0.339 e. The molecule has 0 saturated heterocycles. The van der Waals surface area contributed by atoms with Crippen LogP contribution in [0, 0.1) is 5.82 Å². The Hall–Kier alpha value is -3.02. The van der Waals surface area contributed by atoms with E-state index in [-0.39, 0.29) is 29.6 Å². The fraction of sp³-hybridized carbons (Fsp3) is 0.250. The van der Waals surface area contributed by atoms with Gasteiger partial charge in [-0.05, 0) is 25.1 Å². The number of benzene rings is 2. The van der Waals surface area contributed by atoms with Gasteiger partial charge in [-0.2, -0.15) is 5.10 Å². The fourth-order valence-electron chi connectivity index (χ4n) is 2.96. The van der Waals surface area contributed by atoms with Crippen molar-refractivity contribution in [3.05, 3.63) is 76.3 Å². The minimum absolute atomic E-state index is 0.120. The van der Waals surface area contributed by atoms with E-state index in [0.29, 0.717) is 23.0 Å². The van der Waals surface area contributed by atoms with Gasteiger partial charge >= 0.3 is 0 Å². The highest BCUT2D eigenvalue weighted by Gasteiger charge is 2.20. The molecule has 134 valence electrons. The molecule has 0 bridgehead atoms. The number of para-hydroxylation sites is 1. The van der Waals surface area contributed by atoms with Crippen molar-refractivity contribution < 1.29 is 9.18 Å². The lowest BCUT2D eigenvalue weighted by molar-refractivity contribution is -0.132. The van der Waals surface area contributed by atoms with Gasteiger partial charge in [-0.1, -0.05) is 30.3 Å². The molecular weight excluding hydrogens is 333 g/mol. The Balaban J connectivity index is 1.74. The van der Waals surface area contributed by atoms with E-state index in [2.05, 4.69) is 5.10 Å². The van der Waals surface area contributed by atoms with Crippen LogP contribution in [0.4, 0.5) is 4.39 Å². The van der Waals surface area contributed by atoms with Gasteiger partial charge < -0.3 is 4.90 Å². The SMILES string of the molecule is CC(c1ccccc1F)N(C)C(=O)CCn1ncc(=O)c2ccccc21. The lowest BCUT2D eigenvalue weighted by Gasteiger charge is -2.26. The lowest BCUT2D eigenvalue weighted by atomic mass is 10.1. The molecule has 5 nitrogen and oxygen atoms in total. The zero-order valence-corrected chi connectivity index (χ0v) is 14.7. The fourth-order valence-corrected chi connectivity index (χ4v) is 2.96. The second-order valence-corrected chi connectivity index (χ2v) is 6.20. The van der Waals surface area contributed by atoms with Crippen LogP contribution in [0.25, 0.3) is 10.9 Å². The Morgan fingerprint density at radius 2 is 1.88 bits per heavy atom. The second-order valence-electron chi connectivity index (χ2n) is 6.20. The number of aryl methyl sites for hydroxylation is 1. The molecule has 0 N–H and O–H groups in total. The first-order valence-electron chi connectivity index (χ1n) is 8.44. The van der Waals surface area contributed by atoms with Crippen LogP contribution in [0.15, 0.2) is 59.5 Å². The van der Waals surface area contributed by atoms with Crippen molar-refractivity contribution in [1.29, 1.82) is 0 Å². The molecule has 6 heteroatoms. The zero-order valence-electron chi connectivity index (χ0n) is 14.7. The van der Waals surface area contributed by atoms with Gasteiger partial charge in [0.25, 0.3) is 0 Å². The summed E-state index contributed by atoms with van der Waals surface area (Å²) in [5, 5.41) is 4.70. The summed E-state index contributed by atoms with van der Waals surface area (Å²) in [5.41, 5.74) is 1.03. The first-order valence-corrected chi connectivity index (χ1v) is 8.44. The molecule has 1 atom stereocenters. The third kappa shape index (κ3) is 3.49.